The van der Waals surface area contributed by atoms with Crippen molar-refractivity contribution in [1.82, 2.24) is 15.2 Å². The van der Waals surface area contributed by atoms with Crippen molar-refractivity contribution in [2.24, 2.45) is 0 Å². The normalized spacial score (nSPS) is 10.9. The highest BCUT2D eigenvalue weighted by Crippen LogP contribution is 2.39. The molecule has 0 bridgehead atoms. The summed E-state index contributed by atoms with van der Waals surface area (Å²) in [6.07, 6.45) is 0. The number of halogens is 1. The molecule has 0 saturated heterocycles. The minimum absolute atomic E-state index is 0.462. The van der Waals surface area contributed by atoms with E-state index in [1.165, 1.54) is 11.8 Å². The van der Waals surface area contributed by atoms with Gasteiger partial charge in [0.15, 0.2) is 11.5 Å². The number of para-hydroxylation sites is 1. The molecule has 0 unspecified atom stereocenters. The zero-order chi connectivity index (χ0) is 20.2. The van der Waals surface area contributed by atoms with Gasteiger partial charge in [0, 0.05) is 21.7 Å². The Balaban J connectivity index is 1.46. The number of nitrogens with zero attached hydrogens (tertiary/aromatic N) is 3. The summed E-state index contributed by atoms with van der Waals surface area (Å²) in [6, 6.07) is 13.0. The van der Waals surface area contributed by atoms with Crippen LogP contribution in [0.5, 0.6) is 11.5 Å². The molecule has 2 aromatic heterocycles. The molecule has 0 aliphatic heterocycles. The summed E-state index contributed by atoms with van der Waals surface area (Å²) >= 11 is 8.90. The second kappa shape index (κ2) is 8.86. The van der Waals surface area contributed by atoms with Gasteiger partial charge < -0.3 is 13.9 Å². The van der Waals surface area contributed by atoms with Crippen molar-refractivity contribution in [2.75, 3.05) is 14.2 Å². The van der Waals surface area contributed by atoms with Crippen LogP contribution in [0, 0.1) is 0 Å². The molecular formula is C20H16ClN3O3S2. The van der Waals surface area contributed by atoms with Crippen LogP contribution in [0.15, 0.2) is 57.5 Å². The standard InChI is InChI=1S/C20H16ClN3O3S2/c1-25-16-5-3-4-15(17(16)26-2)19-22-14(10-28-19)11-29-20-24-23-18(27-20)12-6-8-13(21)9-7-12/h3-10H,11H2,1-2H3. The van der Waals surface area contributed by atoms with Gasteiger partial charge in [-0.1, -0.05) is 29.4 Å². The van der Waals surface area contributed by atoms with E-state index in [9.17, 15) is 0 Å². The van der Waals surface area contributed by atoms with Gasteiger partial charge in [0.2, 0.25) is 5.89 Å². The van der Waals surface area contributed by atoms with Gasteiger partial charge in [-0.05, 0) is 36.4 Å². The Morgan fingerprint density at radius 3 is 2.66 bits per heavy atom. The van der Waals surface area contributed by atoms with Gasteiger partial charge in [0.25, 0.3) is 5.22 Å². The maximum absolute atomic E-state index is 5.91. The summed E-state index contributed by atoms with van der Waals surface area (Å²) in [4.78, 5) is 4.71. The summed E-state index contributed by atoms with van der Waals surface area (Å²) in [5, 5.41) is 12.2. The Labute approximate surface area is 180 Å². The van der Waals surface area contributed by atoms with Crippen LogP contribution >= 0.6 is 34.7 Å². The topological polar surface area (TPSA) is 70.3 Å². The Morgan fingerprint density at radius 1 is 1.07 bits per heavy atom. The van der Waals surface area contributed by atoms with Crippen LogP contribution in [-0.4, -0.2) is 29.4 Å². The second-order valence-electron chi connectivity index (χ2n) is 5.85. The lowest BCUT2D eigenvalue weighted by atomic mass is 10.2. The highest BCUT2D eigenvalue weighted by atomic mass is 35.5. The molecule has 0 fully saturated rings. The van der Waals surface area contributed by atoms with Crippen molar-refractivity contribution in [3.63, 3.8) is 0 Å². The van der Waals surface area contributed by atoms with E-state index in [0.29, 0.717) is 33.4 Å². The first-order chi connectivity index (χ1) is 14.2. The minimum Gasteiger partial charge on any atom is -0.493 e. The quantitative estimate of drug-likeness (QED) is 0.332. The highest BCUT2D eigenvalue weighted by Gasteiger charge is 2.15. The molecule has 9 heteroatoms. The fraction of sp³-hybridized carbons (Fsp3) is 0.150. The Bertz CT molecular complexity index is 1110. The molecule has 4 rings (SSSR count). The van der Waals surface area contributed by atoms with Crippen LogP contribution in [-0.2, 0) is 5.75 Å². The number of rotatable bonds is 7. The molecule has 29 heavy (non-hydrogen) atoms. The Kier molecular flexibility index (Phi) is 6.03. The van der Waals surface area contributed by atoms with E-state index in [2.05, 4.69) is 10.2 Å². The first kappa shape index (κ1) is 19.8. The molecule has 0 radical (unpaired) electrons. The number of methoxy groups -OCH3 is 2. The Morgan fingerprint density at radius 2 is 1.90 bits per heavy atom. The highest BCUT2D eigenvalue weighted by molar-refractivity contribution is 7.98. The van der Waals surface area contributed by atoms with E-state index in [1.807, 2.05) is 35.7 Å². The lowest BCUT2D eigenvalue weighted by molar-refractivity contribution is 0.356. The average molecular weight is 446 g/mol. The first-order valence-corrected chi connectivity index (χ1v) is 10.8. The lowest BCUT2D eigenvalue weighted by Crippen LogP contribution is -1.93. The molecule has 0 N–H and O–H groups in total. The molecule has 148 valence electrons. The van der Waals surface area contributed by atoms with Crippen molar-refractivity contribution in [2.45, 2.75) is 11.0 Å². The van der Waals surface area contributed by atoms with Crippen molar-refractivity contribution >= 4 is 34.7 Å². The summed E-state index contributed by atoms with van der Waals surface area (Å²) in [5.41, 5.74) is 2.65. The third kappa shape index (κ3) is 4.39. The molecule has 0 atom stereocenters. The van der Waals surface area contributed by atoms with E-state index in [4.69, 9.17) is 30.5 Å². The summed E-state index contributed by atoms with van der Waals surface area (Å²) in [6.45, 7) is 0. The Hall–Kier alpha value is -2.55. The number of thioether (sulfide) groups is 1. The molecule has 0 saturated carbocycles. The molecule has 0 aliphatic rings. The van der Waals surface area contributed by atoms with Crippen molar-refractivity contribution in [3.05, 3.63) is 58.6 Å². The van der Waals surface area contributed by atoms with E-state index < -0.39 is 0 Å². The summed E-state index contributed by atoms with van der Waals surface area (Å²) in [5.74, 6) is 2.43. The molecule has 0 amide bonds. The molecular weight excluding hydrogens is 430 g/mol. The SMILES string of the molecule is COc1cccc(-c2nc(CSc3nnc(-c4ccc(Cl)cc4)o3)cs2)c1OC. The fourth-order valence-electron chi connectivity index (χ4n) is 2.67. The number of hydrogen-bond donors (Lipinski definition) is 0. The lowest BCUT2D eigenvalue weighted by Gasteiger charge is -2.10. The molecule has 0 spiro atoms. The smallest absolute Gasteiger partial charge is 0.277 e. The summed E-state index contributed by atoms with van der Waals surface area (Å²) in [7, 11) is 3.24. The zero-order valence-electron chi connectivity index (χ0n) is 15.6. The zero-order valence-corrected chi connectivity index (χ0v) is 18.0. The number of aromatic nitrogens is 3. The molecule has 2 aromatic carbocycles. The van der Waals surface area contributed by atoms with Crippen molar-refractivity contribution in [3.8, 4) is 33.5 Å². The second-order valence-corrected chi connectivity index (χ2v) is 8.07. The van der Waals surface area contributed by atoms with Gasteiger partial charge in [-0.3, -0.25) is 0 Å². The molecule has 2 heterocycles. The van der Waals surface area contributed by atoms with E-state index in [-0.39, 0.29) is 0 Å². The van der Waals surface area contributed by atoms with Crippen LogP contribution in [0.1, 0.15) is 5.69 Å². The van der Waals surface area contributed by atoms with Crippen molar-refractivity contribution < 1.29 is 13.9 Å². The van der Waals surface area contributed by atoms with E-state index >= 15 is 0 Å². The van der Waals surface area contributed by atoms with Gasteiger partial charge >= 0.3 is 0 Å². The first-order valence-electron chi connectivity index (χ1n) is 8.56. The fourth-order valence-corrected chi connectivity index (χ4v) is 4.39. The van der Waals surface area contributed by atoms with Crippen LogP contribution in [0.25, 0.3) is 22.0 Å². The van der Waals surface area contributed by atoms with Gasteiger partial charge in [0.1, 0.15) is 5.01 Å². The average Bonchev–Trinajstić information content (AvgIpc) is 3.42. The summed E-state index contributed by atoms with van der Waals surface area (Å²) < 4.78 is 16.6. The van der Waals surface area contributed by atoms with E-state index in [1.54, 1.807) is 37.7 Å². The molecule has 0 aliphatic carbocycles. The third-order valence-electron chi connectivity index (χ3n) is 4.03. The van der Waals surface area contributed by atoms with Gasteiger partial charge in [-0.15, -0.1) is 21.5 Å². The predicted molar refractivity (Wildman–Crippen MR) is 115 cm³/mol. The van der Waals surface area contributed by atoms with Gasteiger partial charge in [-0.25, -0.2) is 4.98 Å². The van der Waals surface area contributed by atoms with Gasteiger partial charge in [0.05, 0.1) is 25.5 Å². The largest absolute Gasteiger partial charge is 0.493 e. The van der Waals surface area contributed by atoms with Crippen LogP contribution < -0.4 is 9.47 Å². The maximum atomic E-state index is 5.91. The number of benzene rings is 2. The number of ether oxygens (including phenoxy) is 2. The minimum atomic E-state index is 0.462. The molecule has 6 nitrogen and oxygen atoms in total. The predicted octanol–water partition coefficient (Wildman–Crippen LogP) is 5.82. The van der Waals surface area contributed by atoms with Crippen LogP contribution in [0.4, 0.5) is 0 Å². The van der Waals surface area contributed by atoms with Gasteiger partial charge in [-0.2, -0.15) is 0 Å². The van der Waals surface area contributed by atoms with Crippen LogP contribution in [0.2, 0.25) is 5.02 Å². The monoisotopic (exact) mass is 445 g/mol. The van der Waals surface area contributed by atoms with E-state index in [0.717, 1.165) is 21.8 Å². The third-order valence-corrected chi connectivity index (χ3v) is 6.05. The van der Waals surface area contributed by atoms with Crippen LogP contribution in [0.3, 0.4) is 0 Å². The van der Waals surface area contributed by atoms with Crippen molar-refractivity contribution in [1.29, 1.82) is 0 Å². The number of hydrogen-bond acceptors (Lipinski definition) is 8. The molecule has 4 aromatic rings. The maximum Gasteiger partial charge on any atom is 0.277 e. The number of thiazole rings is 1.